The molecule has 0 fully saturated rings. The third-order valence-electron chi connectivity index (χ3n) is 4.13. The summed E-state index contributed by atoms with van der Waals surface area (Å²) in [5, 5.41) is 0.533. The first-order chi connectivity index (χ1) is 11.2. The Morgan fingerprint density at radius 2 is 1.78 bits per heavy atom. The van der Waals surface area contributed by atoms with Crippen molar-refractivity contribution < 1.29 is 13.5 Å². The second-order valence-corrected chi connectivity index (χ2v) is 5.92. The summed E-state index contributed by atoms with van der Waals surface area (Å²) >= 11 is 0. The van der Waals surface area contributed by atoms with Gasteiger partial charge in [-0.1, -0.05) is 51.5 Å². The smallest absolute Gasteiger partial charge is 0.346 e. The minimum Gasteiger partial charge on any atom is -0.494 e. The van der Waals surface area contributed by atoms with Crippen LogP contribution >= 0.6 is 0 Å². The summed E-state index contributed by atoms with van der Waals surface area (Å²) in [6, 6.07) is 4.99. The van der Waals surface area contributed by atoms with Gasteiger partial charge < -0.3 is 9.15 Å². The first-order valence-electron chi connectivity index (χ1n) is 8.46. The van der Waals surface area contributed by atoms with Crippen LogP contribution in [-0.2, 0) is 6.42 Å². The number of methoxy groups -OCH3 is 1. The number of unbranched alkanes of at least 4 members (excludes halogenated alkanes) is 6. The van der Waals surface area contributed by atoms with Gasteiger partial charge in [0.15, 0.2) is 11.6 Å². The van der Waals surface area contributed by atoms with Crippen molar-refractivity contribution >= 4 is 10.8 Å². The Hall–Kier alpha value is -1.84. The number of hydrogen-bond acceptors (Lipinski definition) is 3. The maximum Gasteiger partial charge on any atom is 0.346 e. The summed E-state index contributed by atoms with van der Waals surface area (Å²) in [7, 11) is 1.38. The zero-order chi connectivity index (χ0) is 16.7. The molecule has 0 saturated heterocycles. The highest BCUT2D eigenvalue weighted by Gasteiger charge is 2.13. The summed E-state index contributed by atoms with van der Waals surface area (Å²) in [6.45, 7) is 2.21. The van der Waals surface area contributed by atoms with Gasteiger partial charge in [-0.15, -0.1) is 0 Å². The van der Waals surface area contributed by atoms with Crippen LogP contribution in [0.2, 0.25) is 0 Å². The molecular formula is C19H25FO3. The van der Waals surface area contributed by atoms with Gasteiger partial charge in [-0.3, -0.25) is 0 Å². The fraction of sp³-hybridized carbons (Fsp3) is 0.526. The van der Waals surface area contributed by atoms with E-state index in [2.05, 4.69) is 6.92 Å². The summed E-state index contributed by atoms with van der Waals surface area (Å²) in [4.78, 5) is 12.0. The highest BCUT2D eigenvalue weighted by atomic mass is 19.1. The first kappa shape index (κ1) is 17.5. The zero-order valence-electron chi connectivity index (χ0n) is 14.0. The predicted octanol–water partition coefficient (Wildman–Crippen LogP) is 5.23. The number of ether oxygens (including phenoxy) is 1. The van der Waals surface area contributed by atoms with Gasteiger partial charge in [0.05, 0.1) is 7.11 Å². The van der Waals surface area contributed by atoms with E-state index in [4.69, 9.17) is 9.15 Å². The van der Waals surface area contributed by atoms with Gasteiger partial charge in [-0.2, -0.15) is 0 Å². The van der Waals surface area contributed by atoms with Gasteiger partial charge in [0, 0.05) is 6.42 Å². The molecule has 0 amide bonds. The Balaban J connectivity index is 1.99. The van der Waals surface area contributed by atoms with Crippen molar-refractivity contribution in [1.82, 2.24) is 0 Å². The van der Waals surface area contributed by atoms with E-state index in [1.807, 2.05) is 0 Å². The Labute approximate surface area is 136 Å². The van der Waals surface area contributed by atoms with Crippen molar-refractivity contribution in [2.75, 3.05) is 7.11 Å². The van der Waals surface area contributed by atoms with Crippen molar-refractivity contribution in [3.63, 3.8) is 0 Å². The Morgan fingerprint density at radius 1 is 1.09 bits per heavy atom. The molecule has 0 spiro atoms. The van der Waals surface area contributed by atoms with Crippen molar-refractivity contribution in [2.45, 2.75) is 58.3 Å². The lowest BCUT2D eigenvalue weighted by atomic mass is 10.1. The highest BCUT2D eigenvalue weighted by Crippen LogP contribution is 2.24. The minimum absolute atomic E-state index is 0.0346. The molecule has 0 aliphatic carbocycles. The molecule has 23 heavy (non-hydrogen) atoms. The van der Waals surface area contributed by atoms with E-state index in [9.17, 15) is 9.18 Å². The predicted molar refractivity (Wildman–Crippen MR) is 90.7 cm³/mol. The lowest BCUT2D eigenvalue weighted by Crippen LogP contribution is -2.05. The van der Waals surface area contributed by atoms with E-state index >= 15 is 0 Å². The molecule has 0 atom stereocenters. The third-order valence-corrected chi connectivity index (χ3v) is 4.13. The average molecular weight is 320 g/mol. The van der Waals surface area contributed by atoms with Gasteiger partial charge in [0.2, 0.25) is 0 Å². The van der Waals surface area contributed by atoms with Crippen molar-refractivity contribution in [3.8, 4) is 5.75 Å². The number of fused-ring (bicyclic) bond motifs is 1. The summed E-state index contributed by atoms with van der Waals surface area (Å²) in [5.74, 6) is 0.0338. The SMILES string of the molecule is CCCCCCCCCc1cc2ccc(OC)c(F)c2c(=O)o1. The zero-order valence-corrected chi connectivity index (χ0v) is 14.0. The molecule has 0 N–H and O–H groups in total. The number of benzene rings is 1. The highest BCUT2D eigenvalue weighted by molar-refractivity contribution is 5.83. The van der Waals surface area contributed by atoms with Crippen LogP contribution in [-0.4, -0.2) is 7.11 Å². The molecule has 0 bridgehead atoms. The van der Waals surface area contributed by atoms with Crippen LogP contribution in [0.5, 0.6) is 5.75 Å². The van der Waals surface area contributed by atoms with Crippen molar-refractivity contribution in [2.24, 2.45) is 0 Å². The van der Waals surface area contributed by atoms with Crippen LogP contribution in [0.4, 0.5) is 4.39 Å². The van der Waals surface area contributed by atoms with Crippen LogP contribution in [0.3, 0.4) is 0 Å². The number of hydrogen-bond donors (Lipinski definition) is 0. The first-order valence-corrected chi connectivity index (χ1v) is 8.46. The number of rotatable bonds is 9. The molecule has 0 unspecified atom stereocenters. The second-order valence-electron chi connectivity index (χ2n) is 5.92. The van der Waals surface area contributed by atoms with Gasteiger partial charge in [0.25, 0.3) is 0 Å². The lowest BCUT2D eigenvalue weighted by Gasteiger charge is -2.06. The average Bonchev–Trinajstić information content (AvgIpc) is 2.54. The quantitative estimate of drug-likeness (QED) is 0.594. The van der Waals surface area contributed by atoms with Crippen LogP contribution in [0.25, 0.3) is 10.8 Å². The summed E-state index contributed by atoms with van der Waals surface area (Å²) in [5.41, 5.74) is -0.628. The molecule has 1 aromatic carbocycles. The van der Waals surface area contributed by atoms with E-state index in [1.165, 1.54) is 45.3 Å². The van der Waals surface area contributed by atoms with Crippen LogP contribution < -0.4 is 10.4 Å². The van der Waals surface area contributed by atoms with E-state index in [-0.39, 0.29) is 11.1 Å². The molecule has 2 aromatic rings. The Bertz CT molecular complexity index is 691. The van der Waals surface area contributed by atoms with Crippen molar-refractivity contribution in [3.05, 3.63) is 40.2 Å². The third kappa shape index (κ3) is 4.57. The number of aryl methyl sites for hydroxylation is 1. The topological polar surface area (TPSA) is 39.4 Å². The molecule has 0 aliphatic rings. The summed E-state index contributed by atoms with van der Waals surface area (Å²) < 4.78 is 24.3. The Kier molecular flexibility index (Phi) is 6.63. The van der Waals surface area contributed by atoms with Crippen LogP contribution in [0, 0.1) is 5.82 Å². The molecule has 126 valence electrons. The maximum absolute atomic E-state index is 14.1. The van der Waals surface area contributed by atoms with E-state index in [0.717, 1.165) is 12.8 Å². The van der Waals surface area contributed by atoms with Gasteiger partial charge >= 0.3 is 5.63 Å². The van der Waals surface area contributed by atoms with Crippen molar-refractivity contribution in [1.29, 1.82) is 0 Å². The second kappa shape index (κ2) is 8.70. The van der Waals surface area contributed by atoms with Crippen LogP contribution in [0.1, 0.15) is 57.6 Å². The maximum atomic E-state index is 14.1. The largest absolute Gasteiger partial charge is 0.494 e. The van der Waals surface area contributed by atoms with Gasteiger partial charge in [0.1, 0.15) is 11.1 Å². The van der Waals surface area contributed by atoms with E-state index in [0.29, 0.717) is 17.6 Å². The minimum atomic E-state index is -0.652. The fourth-order valence-corrected chi connectivity index (χ4v) is 2.81. The molecule has 3 nitrogen and oxygen atoms in total. The molecule has 0 aliphatic heterocycles. The van der Waals surface area contributed by atoms with Gasteiger partial charge in [-0.05, 0) is 23.9 Å². The molecule has 1 heterocycles. The molecule has 1 aromatic heterocycles. The van der Waals surface area contributed by atoms with Crippen LogP contribution in [0.15, 0.2) is 27.4 Å². The number of halogens is 1. The summed E-state index contributed by atoms with van der Waals surface area (Å²) in [6.07, 6.45) is 9.15. The Morgan fingerprint density at radius 3 is 2.48 bits per heavy atom. The molecule has 2 rings (SSSR count). The standard InChI is InChI=1S/C19H25FO3/c1-3-4-5-6-7-8-9-10-15-13-14-11-12-16(22-2)18(20)17(14)19(21)23-15/h11-13H,3-10H2,1-2H3. The molecular weight excluding hydrogens is 295 g/mol. The van der Waals surface area contributed by atoms with Gasteiger partial charge in [-0.25, -0.2) is 9.18 Å². The normalized spacial score (nSPS) is 11.1. The van der Waals surface area contributed by atoms with E-state index < -0.39 is 11.4 Å². The van der Waals surface area contributed by atoms with E-state index in [1.54, 1.807) is 12.1 Å². The molecule has 0 radical (unpaired) electrons. The monoisotopic (exact) mass is 320 g/mol. The lowest BCUT2D eigenvalue weighted by molar-refractivity contribution is 0.387. The molecule has 0 saturated carbocycles. The fourth-order valence-electron chi connectivity index (χ4n) is 2.81. The molecule has 4 heteroatoms.